The monoisotopic (exact) mass is 275 g/mol. The molecule has 0 saturated carbocycles. The van der Waals surface area contributed by atoms with Crippen molar-refractivity contribution in [2.45, 2.75) is 39.7 Å². The second-order valence-corrected chi connectivity index (χ2v) is 5.74. The van der Waals surface area contributed by atoms with Crippen LogP contribution >= 0.6 is 0 Å². The van der Waals surface area contributed by atoms with Gasteiger partial charge in [-0.25, -0.2) is 0 Å². The molecule has 1 atom stereocenters. The SMILES string of the molecule is COc1cccc2cc(C(C)NCCCC(C)C)oc12. The van der Waals surface area contributed by atoms with Crippen molar-refractivity contribution in [2.75, 3.05) is 13.7 Å². The molecule has 0 aliphatic carbocycles. The fourth-order valence-corrected chi connectivity index (χ4v) is 2.36. The predicted molar refractivity (Wildman–Crippen MR) is 83.3 cm³/mol. The zero-order valence-electron chi connectivity index (χ0n) is 12.9. The van der Waals surface area contributed by atoms with Gasteiger partial charge in [-0.2, -0.15) is 0 Å². The number of fused-ring (bicyclic) bond motifs is 1. The second-order valence-electron chi connectivity index (χ2n) is 5.74. The summed E-state index contributed by atoms with van der Waals surface area (Å²) < 4.78 is 11.3. The molecule has 0 saturated heterocycles. The second kappa shape index (κ2) is 6.80. The molecule has 3 nitrogen and oxygen atoms in total. The Kier molecular flexibility index (Phi) is 5.07. The number of hydrogen-bond donors (Lipinski definition) is 1. The van der Waals surface area contributed by atoms with Crippen molar-refractivity contribution >= 4 is 11.0 Å². The third-order valence-electron chi connectivity index (χ3n) is 3.58. The molecule has 0 bridgehead atoms. The lowest BCUT2D eigenvalue weighted by atomic mass is 10.1. The summed E-state index contributed by atoms with van der Waals surface area (Å²) in [6.07, 6.45) is 2.46. The van der Waals surface area contributed by atoms with Crippen LogP contribution in [0.3, 0.4) is 0 Å². The molecule has 1 heterocycles. The van der Waals surface area contributed by atoms with Gasteiger partial charge in [-0.15, -0.1) is 0 Å². The van der Waals surface area contributed by atoms with Gasteiger partial charge < -0.3 is 14.5 Å². The normalized spacial score (nSPS) is 13.1. The van der Waals surface area contributed by atoms with Crippen LogP contribution < -0.4 is 10.1 Å². The van der Waals surface area contributed by atoms with Crippen LogP contribution in [0.15, 0.2) is 28.7 Å². The molecule has 1 N–H and O–H groups in total. The van der Waals surface area contributed by atoms with E-state index in [4.69, 9.17) is 9.15 Å². The minimum Gasteiger partial charge on any atom is -0.493 e. The Bertz CT molecular complexity index is 545. The van der Waals surface area contributed by atoms with Crippen LogP contribution in [0, 0.1) is 5.92 Å². The van der Waals surface area contributed by atoms with E-state index in [2.05, 4.69) is 38.2 Å². The van der Waals surface area contributed by atoms with Gasteiger partial charge in [0.05, 0.1) is 13.2 Å². The van der Waals surface area contributed by atoms with Gasteiger partial charge in [-0.3, -0.25) is 0 Å². The number of methoxy groups -OCH3 is 1. The number of furan rings is 1. The Morgan fingerprint density at radius 1 is 1.25 bits per heavy atom. The molecule has 110 valence electrons. The third-order valence-corrected chi connectivity index (χ3v) is 3.58. The number of para-hydroxylation sites is 1. The maximum absolute atomic E-state index is 5.94. The fraction of sp³-hybridized carbons (Fsp3) is 0.529. The van der Waals surface area contributed by atoms with E-state index in [0.717, 1.165) is 34.9 Å². The molecule has 0 radical (unpaired) electrons. The molecule has 1 aromatic heterocycles. The molecule has 0 amide bonds. The van der Waals surface area contributed by atoms with E-state index < -0.39 is 0 Å². The molecular weight excluding hydrogens is 250 g/mol. The lowest BCUT2D eigenvalue weighted by Gasteiger charge is -2.11. The molecule has 1 aromatic carbocycles. The minimum atomic E-state index is 0.222. The molecule has 0 aliphatic heterocycles. The van der Waals surface area contributed by atoms with Gasteiger partial charge in [0.15, 0.2) is 11.3 Å². The number of ether oxygens (including phenoxy) is 1. The maximum atomic E-state index is 5.94. The first kappa shape index (κ1) is 14.9. The molecular formula is C17H25NO2. The average Bonchev–Trinajstić information content (AvgIpc) is 2.87. The van der Waals surface area contributed by atoms with Crippen LogP contribution in [0.1, 0.15) is 45.4 Å². The Balaban J connectivity index is 2.01. The van der Waals surface area contributed by atoms with Crippen molar-refractivity contribution in [1.29, 1.82) is 0 Å². The summed E-state index contributed by atoms with van der Waals surface area (Å²) in [5, 5.41) is 4.61. The standard InChI is InChI=1S/C17H25NO2/c1-12(2)7-6-10-18-13(3)16-11-14-8-5-9-15(19-4)17(14)20-16/h5,8-9,11-13,18H,6-7,10H2,1-4H3. The fourth-order valence-electron chi connectivity index (χ4n) is 2.36. The van der Waals surface area contributed by atoms with Crippen LogP contribution in [0.2, 0.25) is 0 Å². The highest BCUT2D eigenvalue weighted by atomic mass is 16.5. The van der Waals surface area contributed by atoms with Gasteiger partial charge in [0.25, 0.3) is 0 Å². The summed E-state index contributed by atoms with van der Waals surface area (Å²) in [6.45, 7) is 7.68. The maximum Gasteiger partial charge on any atom is 0.176 e. The van der Waals surface area contributed by atoms with E-state index in [-0.39, 0.29) is 6.04 Å². The summed E-state index contributed by atoms with van der Waals surface area (Å²) in [6, 6.07) is 8.28. The minimum absolute atomic E-state index is 0.222. The highest BCUT2D eigenvalue weighted by Gasteiger charge is 2.13. The molecule has 0 aliphatic rings. The van der Waals surface area contributed by atoms with Crippen molar-refractivity contribution in [3.05, 3.63) is 30.0 Å². The molecule has 1 unspecified atom stereocenters. The van der Waals surface area contributed by atoms with E-state index in [0.29, 0.717) is 0 Å². The molecule has 0 fully saturated rings. The van der Waals surface area contributed by atoms with Crippen molar-refractivity contribution in [2.24, 2.45) is 5.92 Å². The first-order valence-corrected chi connectivity index (χ1v) is 7.41. The summed E-state index contributed by atoms with van der Waals surface area (Å²) in [5.74, 6) is 2.53. The summed E-state index contributed by atoms with van der Waals surface area (Å²) in [7, 11) is 1.67. The quantitative estimate of drug-likeness (QED) is 0.754. The first-order chi connectivity index (χ1) is 9.61. The van der Waals surface area contributed by atoms with Gasteiger partial charge >= 0.3 is 0 Å². The van der Waals surface area contributed by atoms with Gasteiger partial charge in [0.1, 0.15) is 5.76 Å². The van der Waals surface area contributed by atoms with Crippen LogP contribution in [0.5, 0.6) is 5.75 Å². The van der Waals surface area contributed by atoms with Crippen molar-refractivity contribution in [3.8, 4) is 5.75 Å². The van der Waals surface area contributed by atoms with Crippen LogP contribution in [0.4, 0.5) is 0 Å². The smallest absolute Gasteiger partial charge is 0.176 e. The molecule has 20 heavy (non-hydrogen) atoms. The van der Waals surface area contributed by atoms with Crippen LogP contribution in [-0.2, 0) is 0 Å². The molecule has 0 spiro atoms. The van der Waals surface area contributed by atoms with E-state index in [9.17, 15) is 0 Å². The summed E-state index contributed by atoms with van der Waals surface area (Å²) in [4.78, 5) is 0. The number of benzene rings is 1. The Hall–Kier alpha value is -1.48. The highest BCUT2D eigenvalue weighted by molar-refractivity contribution is 5.83. The summed E-state index contributed by atoms with van der Waals surface area (Å²) >= 11 is 0. The lowest BCUT2D eigenvalue weighted by molar-refractivity contribution is 0.398. The molecule has 2 rings (SSSR count). The van der Waals surface area contributed by atoms with Crippen molar-refractivity contribution in [3.63, 3.8) is 0 Å². The number of nitrogens with one attached hydrogen (secondary N) is 1. The van der Waals surface area contributed by atoms with Gasteiger partial charge in [0, 0.05) is 5.39 Å². The van der Waals surface area contributed by atoms with Crippen LogP contribution in [-0.4, -0.2) is 13.7 Å². The molecule has 3 heteroatoms. The zero-order chi connectivity index (χ0) is 14.5. The van der Waals surface area contributed by atoms with Crippen LogP contribution in [0.25, 0.3) is 11.0 Å². The van der Waals surface area contributed by atoms with Gasteiger partial charge in [-0.1, -0.05) is 26.0 Å². The number of rotatable bonds is 7. The number of hydrogen-bond acceptors (Lipinski definition) is 3. The Morgan fingerprint density at radius 2 is 2.05 bits per heavy atom. The van der Waals surface area contributed by atoms with Crippen molar-refractivity contribution in [1.82, 2.24) is 5.32 Å². The van der Waals surface area contributed by atoms with E-state index in [1.165, 1.54) is 12.8 Å². The third kappa shape index (κ3) is 3.54. The van der Waals surface area contributed by atoms with E-state index >= 15 is 0 Å². The van der Waals surface area contributed by atoms with E-state index in [1.54, 1.807) is 7.11 Å². The van der Waals surface area contributed by atoms with E-state index in [1.807, 2.05) is 12.1 Å². The highest BCUT2D eigenvalue weighted by Crippen LogP contribution is 2.30. The summed E-state index contributed by atoms with van der Waals surface area (Å²) in [5.41, 5.74) is 0.834. The van der Waals surface area contributed by atoms with Gasteiger partial charge in [-0.05, 0) is 44.4 Å². The molecule has 2 aromatic rings. The van der Waals surface area contributed by atoms with Gasteiger partial charge in [0.2, 0.25) is 0 Å². The Labute approximate surface area is 121 Å². The lowest BCUT2D eigenvalue weighted by Crippen LogP contribution is -2.19. The average molecular weight is 275 g/mol. The van der Waals surface area contributed by atoms with Crippen molar-refractivity contribution < 1.29 is 9.15 Å². The first-order valence-electron chi connectivity index (χ1n) is 7.41. The topological polar surface area (TPSA) is 34.4 Å². The predicted octanol–water partition coefficient (Wildman–Crippen LogP) is 4.53. The largest absolute Gasteiger partial charge is 0.493 e. The zero-order valence-corrected chi connectivity index (χ0v) is 12.9. The Morgan fingerprint density at radius 3 is 2.75 bits per heavy atom.